The fraction of sp³-hybridized carbons (Fsp3) is 0.333. The maximum Gasteiger partial charge on any atom is 0.325 e. The van der Waals surface area contributed by atoms with Gasteiger partial charge in [-0.2, -0.15) is 0 Å². The maximum absolute atomic E-state index is 12.0. The van der Waals surface area contributed by atoms with Gasteiger partial charge in [0.2, 0.25) is 0 Å². The molecule has 1 heterocycles. The van der Waals surface area contributed by atoms with E-state index in [-0.39, 0.29) is 22.8 Å². The Balaban J connectivity index is 2.34. The van der Waals surface area contributed by atoms with E-state index >= 15 is 0 Å². The minimum absolute atomic E-state index is 0.165. The number of urea groups is 1. The van der Waals surface area contributed by atoms with Gasteiger partial charge in [0.15, 0.2) is 0 Å². The quantitative estimate of drug-likeness (QED) is 0.525. The predicted molar refractivity (Wildman–Crippen MR) is 71.3 cm³/mol. The molecule has 1 fully saturated rings. The largest absolute Gasteiger partial charge is 0.325 e. The predicted octanol–water partition coefficient (Wildman–Crippen LogP) is 2.08. The average molecular weight is 298 g/mol. The Kier molecular flexibility index (Phi) is 3.39. The van der Waals surface area contributed by atoms with Gasteiger partial charge in [-0.1, -0.05) is 11.6 Å². The molecule has 106 valence electrons. The molecule has 0 spiro atoms. The Labute approximate surface area is 119 Å². The zero-order valence-corrected chi connectivity index (χ0v) is 11.6. The van der Waals surface area contributed by atoms with Crippen molar-refractivity contribution in [1.29, 1.82) is 0 Å². The van der Waals surface area contributed by atoms with Crippen molar-refractivity contribution in [3.05, 3.63) is 38.9 Å². The smallest absolute Gasteiger partial charge is 0.324 e. The van der Waals surface area contributed by atoms with Crippen molar-refractivity contribution in [3.8, 4) is 0 Å². The number of nitro benzene ring substituents is 1. The fourth-order valence-corrected chi connectivity index (χ4v) is 2.14. The lowest BCUT2D eigenvalue weighted by Crippen LogP contribution is -2.40. The fourth-order valence-electron chi connectivity index (χ4n) is 1.97. The topological polar surface area (TPSA) is 92.6 Å². The number of hydrogen-bond acceptors (Lipinski definition) is 4. The summed E-state index contributed by atoms with van der Waals surface area (Å²) in [7, 11) is 0. The van der Waals surface area contributed by atoms with Crippen LogP contribution < -0.4 is 5.32 Å². The summed E-state index contributed by atoms with van der Waals surface area (Å²) in [5.41, 5.74) is -0.971. The van der Waals surface area contributed by atoms with Gasteiger partial charge in [-0.05, 0) is 26.0 Å². The summed E-state index contributed by atoms with van der Waals surface area (Å²) in [6, 6.07) is 3.55. The van der Waals surface area contributed by atoms with Crippen molar-refractivity contribution in [1.82, 2.24) is 10.2 Å². The van der Waals surface area contributed by atoms with Crippen LogP contribution in [-0.2, 0) is 11.3 Å². The highest BCUT2D eigenvalue weighted by molar-refractivity contribution is 6.30. The monoisotopic (exact) mass is 297 g/mol. The van der Waals surface area contributed by atoms with E-state index in [1.165, 1.54) is 18.2 Å². The molecule has 0 aliphatic carbocycles. The maximum atomic E-state index is 12.0. The summed E-state index contributed by atoms with van der Waals surface area (Å²) in [5.74, 6) is -0.424. The molecule has 2 rings (SSSR count). The molecule has 8 heteroatoms. The number of amides is 3. The van der Waals surface area contributed by atoms with Crippen LogP contribution in [0.3, 0.4) is 0 Å². The van der Waals surface area contributed by atoms with Gasteiger partial charge in [0.05, 0.1) is 11.5 Å². The Bertz CT molecular complexity index is 615. The van der Waals surface area contributed by atoms with Gasteiger partial charge in [-0.15, -0.1) is 0 Å². The van der Waals surface area contributed by atoms with Gasteiger partial charge in [-0.3, -0.25) is 19.8 Å². The number of nitro groups is 1. The van der Waals surface area contributed by atoms with E-state index in [4.69, 9.17) is 11.6 Å². The molecule has 1 aromatic rings. The number of nitrogens with one attached hydrogen (secondary N) is 1. The third-order valence-electron chi connectivity index (χ3n) is 3.02. The number of benzene rings is 1. The normalized spacial score (nSPS) is 17.2. The first-order chi connectivity index (χ1) is 9.22. The first kappa shape index (κ1) is 14.3. The van der Waals surface area contributed by atoms with Gasteiger partial charge in [0.1, 0.15) is 5.54 Å². The highest BCUT2D eigenvalue weighted by atomic mass is 35.5. The van der Waals surface area contributed by atoms with Crippen molar-refractivity contribution >= 4 is 29.2 Å². The summed E-state index contributed by atoms with van der Waals surface area (Å²) in [6.07, 6.45) is 0. The van der Waals surface area contributed by atoms with E-state index < -0.39 is 22.4 Å². The van der Waals surface area contributed by atoms with Crippen LogP contribution in [0.15, 0.2) is 18.2 Å². The van der Waals surface area contributed by atoms with Gasteiger partial charge >= 0.3 is 6.03 Å². The molecular formula is C12H12ClN3O4. The molecule has 1 aromatic carbocycles. The van der Waals surface area contributed by atoms with Crippen molar-refractivity contribution in [2.24, 2.45) is 0 Å². The molecular weight excluding hydrogens is 286 g/mol. The van der Waals surface area contributed by atoms with Crippen molar-refractivity contribution in [2.75, 3.05) is 0 Å². The third-order valence-corrected chi connectivity index (χ3v) is 3.25. The van der Waals surface area contributed by atoms with Crippen LogP contribution in [0.2, 0.25) is 5.02 Å². The zero-order valence-electron chi connectivity index (χ0n) is 10.8. The molecule has 0 atom stereocenters. The molecule has 3 amide bonds. The highest BCUT2D eigenvalue weighted by Gasteiger charge is 2.44. The van der Waals surface area contributed by atoms with Crippen LogP contribution in [0, 0.1) is 10.1 Å². The second-order valence-electron chi connectivity index (χ2n) is 4.98. The van der Waals surface area contributed by atoms with Gasteiger partial charge < -0.3 is 5.32 Å². The number of nitrogens with zero attached hydrogens (tertiary/aromatic N) is 2. The Hall–Kier alpha value is -2.15. The van der Waals surface area contributed by atoms with Crippen LogP contribution in [-0.4, -0.2) is 27.3 Å². The van der Waals surface area contributed by atoms with E-state index in [0.29, 0.717) is 0 Å². The van der Waals surface area contributed by atoms with Crippen LogP contribution in [0.1, 0.15) is 19.4 Å². The molecule has 20 heavy (non-hydrogen) atoms. The number of halogens is 1. The molecule has 1 aliphatic heterocycles. The Morgan fingerprint density at radius 2 is 2.05 bits per heavy atom. The summed E-state index contributed by atoms with van der Waals surface area (Å²) in [6.45, 7) is 2.98. The van der Waals surface area contributed by atoms with Crippen molar-refractivity contribution in [2.45, 2.75) is 25.9 Å². The van der Waals surface area contributed by atoms with Crippen LogP contribution in [0.5, 0.6) is 0 Å². The molecule has 0 aromatic heterocycles. The number of carbonyl (C=O) groups excluding carboxylic acids is 2. The SMILES string of the molecule is CC1(C)NC(=O)N(Cc2ccc(Cl)cc2[N+](=O)[O-])C1=O. The lowest BCUT2D eigenvalue weighted by atomic mass is 10.1. The van der Waals surface area contributed by atoms with Crippen LogP contribution >= 0.6 is 11.6 Å². The average Bonchev–Trinajstić information content (AvgIpc) is 2.53. The molecule has 7 nitrogen and oxygen atoms in total. The molecule has 0 bridgehead atoms. The third kappa shape index (κ3) is 2.44. The standard InChI is InChI=1S/C12H12ClN3O4/c1-12(2)10(17)15(11(18)14-12)6-7-3-4-8(13)5-9(7)16(19)20/h3-5H,6H2,1-2H3,(H,14,18). The summed E-state index contributed by atoms with van der Waals surface area (Å²) >= 11 is 5.72. The van der Waals surface area contributed by atoms with Crippen molar-refractivity contribution < 1.29 is 14.5 Å². The lowest BCUT2D eigenvalue weighted by molar-refractivity contribution is -0.385. The molecule has 0 unspecified atom stereocenters. The molecule has 1 saturated heterocycles. The highest BCUT2D eigenvalue weighted by Crippen LogP contribution is 2.27. The second kappa shape index (κ2) is 4.75. The van der Waals surface area contributed by atoms with E-state index in [1.807, 2.05) is 0 Å². The van der Waals surface area contributed by atoms with E-state index in [9.17, 15) is 19.7 Å². The zero-order chi connectivity index (χ0) is 15.1. The molecule has 0 radical (unpaired) electrons. The number of hydrogen-bond donors (Lipinski definition) is 1. The molecule has 0 saturated carbocycles. The van der Waals surface area contributed by atoms with Gasteiger partial charge in [0, 0.05) is 16.7 Å². The van der Waals surface area contributed by atoms with Gasteiger partial charge in [-0.25, -0.2) is 4.79 Å². The number of rotatable bonds is 3. The van der Waals surface area contributed by atoms with Crippen LogP contribution in [0.25, 0.3) is 0 Å². The number of imide groups is 1. The minimum atomic E-state index is -1.00. The number of carbonyl (C=O) groups is 2. The summed E-state index contributed by atoms with van der Waals surface area (Å²) in [4.78, 5) is 35.1. The second-order valence-corrected chi connectivity index (χ2v) is 5.41. The first-order valence-electron chi connectivity index (χ1n) is 5.79. The molecule has 1 N–H and O–H groups in total. The van der Waals surface area contributed by atoms with E-state index in [0.717, 1.165) is 4.90 Å². The minimum Gasteiger partial charge on any atom is -0.324 e. The van der Waals surface area contributed by atoms with E-state index in [1.54, 1.807) is 13.8 Å². The summed E-state index contributed by atoms with van der Waals surface area (Å²) < 4.78 is 0. The lowest BCUT2D eigenvalue weighted by Gasteiger charge is -2.16. The molecule has 1 aliphatic rings. The van der Waals surface area contributed by atoms with Crippen molar-refractivity contribution in [3.63, 3.8) is 0 Å². The Morgan fingerprint density at radius 3 is 2.55 bits per heavy atom. The Morgan fingerprint density at radius 1 is 1.40 bits per heavy atom. The first-order valence-corrected chi connectivity index (χ1v) is 6.17. The van der Waals surface area contributed by atoms with Crippen LogP contribution in [0.4, 0.5) is 10.5 Å². The van der Waals surface area contributed by atoms with E-state index in [2.05, 4.69) is 5.32 Å². The summed E-state index contributed by atoms with van der Waals surface area (Å²) in [5, 5.41) is 13.7. The van der Waals surface area contributed by atoms with Gasteiger partial charge in [0.25, 0.3) is 11.6 Å².